The molecule has 1 N–H and O–H groups in total. The number of rotatable bonds is 5. The minimum absolute atomic E-state index is 0.00807. The summed E-state index contributed by atoms with van der Waals surface area (Å²) in [6.07, 6.45) is 0.140. The van der Waals surface area contributed by atoms with Crippen LogP contribution in [-0.4, -0.2) is 20.0 Å². The molecule has 122 valence electrons. The molecule has 0 unspecified atom stereocenters. The van der Waals surface area contributed by atoms with E-state index in [0.717, 1.165) is 16.7 Å². The first kappa shape index (κ1) is 15.9. The van der Waals surface area contributed by atoms with E-state index in [4.69, 9.17) is 4.52 Å². The summed E-state index contributed by atoms with van der Waals surface area (Å²) in [6.45, 7) is 1.80. The van der Waals surface area contributed by atoms with Crippen LogP contribution in [0.2, 0.25) is 0 Å². The number of nitrogens with zero attached hydrogens (tertiary/aromatic N) is 1. The van der Waals surface area contributed by atoms with E-state index in [1.807, 2.05) is 30.3 Å². The Balaban J connectivity index is 2.05. The smallest absolute Gasteiger partial charge is 0.263 e. The van der Waals surface area contributed by atoms with Crippen molar-refractivity contribution >= 4 is 16.4 Å². The van der Waals surface area contributed by atoms with Gasteiger partial charge in [0.05, 0.1) is 10.5 Å². The highest BCUT2D eigenvalue weighted by atomic mass is 32.2. The van der Waals surface area contributed by atoms with Crippen molar-refractivity contribution in [2.75, 3.05) is 0 Å². The second-order valence-electron chi connectivity index (χ2n) is 5.09. The second-order valence-corrected chi connectivity index (χ2v) is 6.81. The van der Waals surface area contributed by atoms with Gasteiger partial charge in [-0.05, 0) is 24.6 Å². The van der Waals surface area contributed by atoms with Crippen LogP contribution < -0.4 is 4.72 Å². The number of aryl methyl sites for hydroxylation is 1. The minimum atomic E-state index is -3.83. The summed E-state index contributed by atoms with van der Waals surface area (Å²) in [5.74, 6) is 0.635. The number of hydrogen-bond acceptors (Lipinski definition) is 5. The van der Waals surface area contributed by atoms with Gasteiger partial charge in [-0.25, -0.2) is 8.42 Å². The maximum absolute atomic E-state index is 11.8. The number of aromatic nitrogens is 1. The molecule has 0 aliphatic heterocycles. The zero-order valence-corrected chi connectivity index (χ0v) is 13.6. The lowest BCUT2D eigenvalue weighted by atomic mass is 10.00. The van der Waals surface area contributed by atoms with Gasteiger partial charge in [-0.15, -0.1) is 0 Å². The standard InChI is InChI=1S/C17H14N2O4S/c1-12-16(17(19-23-12)14-5-3-2-4-6-14)13-7-9-15(10-8-13)24(21,22)18-11-20/h2-11H,1H3,(H,18,20). The predicted octanol–water partition coefficient (Wildman–Crippen LogP) is 2.75. The highest BCUT2D eigenvalue weighted by Crippen LogP contribution is 2.34. The van der Waals surface area contributed by atoms with Crippen molar-refractivity contribution in [2.45, 2.75) is 11.8 Å². The van der Waals surface area contributed by atoms with Crippen LogP contribution in [0, 0.1) is 6.92 Å². The summed E-state index contributed by atoms with van der Waals surface area (Å²) in [4.78, 5) is 10.4. The Kier molecular flexibility index (Phi) is 4.18. The van der Waals surface area contributed by atoms with Crippen molar-refractivity contribution in [1.82, 2.24) is 9.88 Å². The first-order valence-corrected chi connectivity index (χ1v) is 8.59. The van der Waals surface area contributed by atoms with Gasteiger partial charge in [0, 0.05) is 5.56 Å². The Morgan fingerprint density at radius 1 is 1.00 bits per heavy atom. The molecule has 2 aromatic carbocycles. The van der Waals surface area contributed by atoms with Crippen molar-refractivity contribution in [2.24, 2.45) is 0 Å². The molecule has 6 nitrogen and oxygen atoms in total. The largest absolute Gasteiger partial charge is 0.360 e. The average molecular weight is 342 g/mol. The van der Waals surface area contributed by atoms with Crippen LogP contribution >= 0.6 is 0 Å². The summed E-state index contributed by atoms with van der Waals surface area (Å²) >= 11 is 0. The SMILES string of the molecule is Cc1onc(-c2ccccc2)c1-c1ccc(S(=O)(=O)NC=O)cc1. The molecule has 1 amide bonds. The third-order valence-corrected chi connectivity index (χ3v) is 4.87. The fraction of sp³-hybridized carbons (Fsp3) is 0.0588. The first-order chi connectivity index (χ1) is 11.5. The lowest BCUT2D eigenvalue weighted by molar-refractivity contribution is -0.108. The molecule has 0 saturated heterocycles. The van der Waals surface area contributed by atoms with Crippen molar-refractivity contribution in [1.29, 1.82) is 0 Å². The number of amides is 1. The monoisotopic (exact) mass is 342 g/mol. The fourth-order valence-electron chi connectivity index (χ4n) is 2.44. The van der Waals surface area contributed by atoms with Gasteiger partial charge in [0.25, 0.3) is 10.0 Å². The zero-order chi connectivity index (χ0) is 17.2. The number of nitrogens with one attached hydrogen (secondary N) is 1. The van der Waals surface area contributed by atoms with E-state index in [-0.39, 0.29) is 11.3 Å². The fourth-order valence-corrected chi connectivity index (χ4v) is 3.19. The van der Waals surface area contributed by atoms with E-state index in [1.54, 1.807) is 23.8 Å². The van der Waals surface area contributed by atoms with Crippen molar-refractivity contribution in [3.63, 3.8) is 0 Å². The number of carbonyl (C=O) groups excluding carboxylic acids is 1. The van der Waals surface area contributed by atoms with Crippen LogP contribution in [0.3, 0.4) is 0 Å². The van der Waals surface area contributed by atoms with E-state index >= 15 is 0 Å². The van der Waals surface area contributed by atoms with E-state index in [1.165, 1.54) is 12.1 Å². The normalized spacial score (nSPS) is 11.2. The highest BCUT2D eigenvalue weighted by Gasteiger charge is 2.18. The van der Waals surface area contributed by atoms with Gasteiger partial charge in [0.1, 0.15) is 11.5 Å². The van der Waals surface area contributed by atoms with Gasteiger partial charge in [0.15, 0.2) is 0 Å². The Morgan fingerprint density at radius 2 is 1.67 bits per heavy atom. The molecule has 0 aliphatic carbocycles. The van der Waals surface area contributed by atoms with Crippen LogP contribution in [0.25, 0.3) is 22.4 Å². The van der Waals surface area contributed by atoms with E-state index in [9.17, 15) is 13.2 Å². The molecular weight excluding hydrogens is 328 g/mol. The lowest BCUT2D eigenvalue weighted by Crippen LogP contribution is -2.21. The van der Waals surface area contributed by atoms with Crippen LogP contribution in [0.4, 0.5) is 0 Å². The molecule has 0 fully saturated rings. The third kappa shape index (κ3) is 2.93. The maximum atomic E-state index is 11.8. The molecule has 24 heavy (non-hydrogen) atoms. The van der Waals surface area contributed by atoms with E-state index < -0.39 is 10.0 Å². The molecule has 0 aliphatic rings. The van der Waals surface area contributed by atoms with Gasteiger partial charge in [-0.2, -0.15) is 0 Å². The number of benzene rings is 2. The van der Waals surface area contributed by atoms with Gasteiger partial charge in [0.2, 0.25) is 6.41 Å². The third-order valence-electron chi connectivity index (χ3n) is 3.57. The minimum Gasteiger partial charge on any atom is -0.360 e. The Labute approximate surface area is 139 Å². The van der Waals surface area contributed by atoms with Crippen LogP contribution in [-0.2, 0) is 14.8 Å². The van der Waals surface area contributed by atoms with Crippen LogP contribution in [0.15, 0.2) is 64.0 Å². The van der Waals surface area contributed by atoms with Crippen molar-refractivity contribution in [3.05, 3.63) is 60.4 Å². The number of sulfonamides is 1. The Morgan fingerprint density at radius 3 is 2.29 bits per heavy atom. The Hall–Kier alpha value is -2.93. The molecule has 0 spiro atoms. The van der Waals surface area contributed by atoms with Crippen molar-refractivity contribution < 1.29 is 17.7 Å². The van der Waals surface area contributed by atoms with Gasteiger partial charge < -0.3 is 4.52 Å². The number of carbonyl (C=O) groups is 1. The summed E-state index contributed by atoms with van der Waals surface area (Å²) in [6, 6.07) is 15.8. The molecule has 0 radical (unpaired) electrons. The molecule has 3 rings (SSSR count). The van der Waals surface area contributed by atoms with Crippen LogP contribution in [0.1, 0.15) is 5.76 Å². The Bertz CT molecular complexity index is 962. The second kappa shape index (κ2) is 6.29. The van der Waals surface area contributed by atoms with Gasteiger partial charge in [-0.1, -0.05) is 47.6 Å². The predicted molar refractivity (Wildman–Crippen MR) is 88.5 cm³/mol. The van der Waals surface area contributed by atoms with Crippen molar-refractivity contribution in [3.8, 4) is 22.4 Å². The summed E-state index contributed by atoms with van der Waals surface area (Å²) in [7, 11) is -3.83. The first-order valence-electron chi connectivity index (χ1n) is 7.11. The molecule has 0 atom stereocenters. The molecule has 7 heteroatoms. The molecule has 0 bridgehead atoms. The average Bonchev–Trinajstić information content (AvgIpc) is 2.97. The molecule has 0 saturated carbocycles. The topological polar surface area (TPSA) is 89.3 Å². The van der Waals surface area contributed by atoms with E-state index in [0.29, 0.717) is 11.5 Å². The summed E-state index contributed by atoms with van der Waals surface area (Å²) < 4.78 is 30.7. The number of hydrogen-bond donors (Lipinski definition) is 1. The lowest BCUT2D eigenvalue weighted by Gasteiger charge is -2.06. The maximum Gasteiger partial charge on any atom is 0.263 e. The zero-order valence-electron chi connectivity index (χ0n) is 12.8. The summed E-state index contributed by atoms with van der Waals surface area (Å²) in [5.41, 5.74) is 3.17. The molecular formula is C17H14N2O4S. The van der Waals surface area contributed by atoms with E-state index in [2.05, 4.69) is 5.16 Å². The molecule has 3 aromatic rings. The van der Waals surface area contributed by atoms with Gasteiger partial charge >= 0.3 is 0 Å². The summed E-state index contributed by atoms with van der Waals surface area (Å²) in [5, 5.41) is 4.11. The molecule has 1 heterocycles. The highest BCUT2D eigenvalue weighted by molar-refractivity contribution is 7.90. The molecule has 1 aromatic heterocycles. The van der Waals surface area contributed by atoms with Crippen LogP contribution in [0.5, 0.6) is 0 Å². The van der Waals surface area contributed by atoms with Gasteiger partial charge in [-0.3, -0.25) is 9.52 Å². The quantitative estimate of drug-likeness (QED) is 0.720.